The minimum atomic E-state index is -0.318. The summed E-state index contributed by atoms with van der Waals surface area (Å²) in [5.41, 5.74) is 2.77. The lowest BCUT2D eigenvalue weighted by Crippen LogP contribution is -2.36. The number of ether oxygens (including phenoxy) is 1. The fourth-order valence-electron chi connectivity index (χ4n) is 5.51. The van der Waals surface area contributed by atoms with E-state index >= 15 is 0 Å². The maximum Gasteiger partial charge on any atom is 0.323 e. The SMILES string of the molecule is COC(=O)[C@@H]1CCCN1Cc1cc2ccccc2c(-c2c(O)c(CN(C)C)cc3ccccc23)c1O. The molecule has 6 heteroatoms. The predicted octanol–water partition coefficient (Wildman–Crippen LogP) is 5.27. The number of esters is 1. The first-order valence-electron chi connectivity index (χ1n) is 12.3. The molecule has 0 aliphatic carbocycles. The van der Waals surface area contributed by atoms with E-state index in [-0.39, 0.29) is 23.5 Å². The van der Waals surface area contributed by atoms with Crippen LogP contribution in [-0.4, -0.2) is 59.8 Å². The number of hydrogen-bond donors (Lipinski definition) is 2. The van der Waals surface area contributed by atoms with Crippen molar-refractivity contribution in [2.24, 2.45) is 0 Å². The molecule has 0 aromatic heterocycles. The van der Waals surface area contributed by atoms with Gasteiger partial charge >= 0.3 is 5.97 Å². The number of phenols is 2. The smallest absolute Gasteiger partial charge is 0.323 e. The van der Waals surface area contributed by atoms with E-state index in [1.165, 1.54) is 7.11 Å². The summed E-state index contributed by atoms with van der Waals surface area (Å²) in [7, 11) is 5.35. The summed E-state index contributed by atoms with van der Waals surface area (Å²) in [6.45, 7) is 1.74. The van der Waals surface area contributed by atoms with Crippen molar-refractivity contribution in [1.82, 2.24) is 9.80 Å². The Morgan fingerprint density at radius 1 is 0.944 bits per heavy atom. The van der Waals surface area contributed by atoms with E-state index in [4.69, 9.17) is 4.74 Å². The molecule has 0 amide bonds. The highest BCUT2D eigenvalue weighted by Crippen LogP contribution is 2.48. The molecule has 6 nitrogen and oxygen atoms in total. The third kappa shape index (κ3) is 4.27. The third-order valence-electron chi connectivity index (χ3n) is 7.15. The number of aromatic hydroxyl groups is 2. The highest BCUT2D eigenvalue weighted by Gasteiger charge is 2.32. The van der Waals surface area contributed by atoms with Crippen LogP contribution in [0.2, 0.25) is 0 Å². The molecular formula is C30H32N2O4. The topological polar surface area (TPSA) is 73.2 Å². The summed E-state index contributed by atoms with van der Waals surface area (Å²) in [5.74, 6) is 0.0633. The van der Waals surface area contributed by atoms with E-state index in [0.717, 1.165) is 52.1 Å². The van der Waals surface area contributed by atoms with Crippen LogP contribution in [0.3, 0.4) is 0 Å². The Balaban J connectivity index is 1.75. The number of carbonyl (C=O) groups is 1. The van der Waals surface area contributed by atoms with Crippen LogP contribution >= 0.6 is 0 Å². The zero-order valence-electron chi connectivity index (χ0n) is 21.0. The molecule has 4 aromatic carbocycles. The molecule has 186 valence electrons. The van der Waals surface area contributed by atoms with Gasteiger partial charge in [-0.05, 0) is 67.2 Å². The van der Waals surface area contributed by atoms with Crippen molar-refractivity contribution < 1.29 is 19.7 Å². The van der Waals surface area contributed by atoms with Crippen molar-refractivity contribution in [3.05, 3.63) is 71.8 Å². The average molecular weight is 485 g/mol. The molecule has 5 rings (SSSR count). The molecule has 1 atom stereocenters. The predicted molar refractivity (Wildman–Crippen MR) is 143 cm³/mol. The molecule has 1 aliphatic rings. The van der Waals surface area contributed by atoms with E-state index in [0.29, 0.717) is 24.2 Å². The summed E-state index contributed by atoms with van der Waals surface area (Å²) in [6, 6.07) is 19.6. The molecule has 0 unspecified atom stereocenters. The first kappa shape index (κ1) is 24.1. The number of phenolic OH excluding ortho intramolecular Hbond substituents is 2. The van der Waals surface area contributed by atoms with Gasteiger partial charge in [0, 0.05) is 35.3 Å². The van der Waals surface area contributed by atoms with Gasteiger partial charge in [-0.3, -0.25) is 9.69 Å². The molecule has 0 spiro atoms. The lowest BCUT2D eigenvalue weighted by molar-refractivity contribution is -0.146. The second kappa shape index (κ2) is 9.80. The quantitative estimate of drug-likeness (QED) is 0.363. The molecule has 0 saturated carbocycles. The Kier molecular flexibility index (Phi) is 6.56. The molecule has 1 aliphatic heterocycles. The number of methoxy groups -OCH3 is 1. The van der Waals surface area contributed by atoms with Gasteiger partial charge in [-0.2, -0.15) is 0 Å². The molecule has 1 heterocycles. The molecule has 36 heavy (non-hydrogen) atoms. The first-order chi connectivity index (χ1) is 17.4. The van der Waals surface area contributed by atoms with Crippen molar-refractivity contribution in [3.63, 3.8) is 0 Å². The fraction of sp³-hybridized carbons (Fsp3) is 0.300. The summed E-state index contributed by atoms with van der Waals surface area (Å²) < 4.78 is 5.02. The van der Waals surface area contributed by atoms with Crippen LogP contribution in [0.1, 0.15) is 24.0 Å². The summed E-state index contributed by atoms with van der Waals surface area (Å²) in [6.07, 6.45) is 1.64. The van der Waals surface area contributed by atoms with Crippen molar-refractivity contribution in [3.8, 4) is 22.6 Å². The Bertz CT molecular complexity index is 1450. The largest absolute Gasteiger partial charge is 0.507 e. The van der Waals surface area contributed by atoms with Gasteiger partial charge in [-0.1, -0.05) is 48.5 Å². The van der Waals surface area contributed by atoms with E-state index in [1.54, 1.807) is 0 Å². The molecule has 4 aromatic rings. The van der Waals surface area contributed by atoms with Gasteiger partial charge < -0.3 is 19.8 Å². The molecule has 0 bridgehead atoms. The van der Waals surface area contributed by atoms with Crippen LogP contribution < -0.4 is 0 Å². The summed E-state index contributed by atoms with van der Waals surface area (Å²) >= 11 is 0. The van der Waals surface area contributed by atoms with E-state index in [1.807, 2.05) is 79.7 Å². The standard InChI is InChI=1S/C30H32N2O4/c1-31(2)17-21-15-19-9-4-6-11-23(19)26(28(21)33)27-24-12-7-5-10-20(24)16-22(29(27)34)18-32-14-8-13-25(32)30(35)36-3/h4-7,9-12,15-16,25,33-34H,8,13-14,17-18H2,1-3H3/t25-/m0/s1. The lowest BCUT2D eigenvalue weighted by atomic mass is 9.88. The van der Waals surface area contributed by atoms with Gasteiger partial charge in [0.25, 0.3) is 0 Å². The van der Waals surface area contributed by atoms with Crippen LogP contribution in [0.4, 0.5) is 0 Å². The molecule has 0 radical (unpaired) electrons. The average Bonchev–Trinajstić information content (AvgIpc) is 3.33. The first-order valence-corrected chi connectivity index (χ1v) is 12.3. The summed E-state index contributed by atoms with van der Waals surface area (Å²) in [4.78, 5) is 16.4. The van der Waals surface area contributed by atoms with Crippen LogP contribution in [0, 0.1) is 0 Å². The van der Waals surface area contributed by atoms with Gasteiger partial charge in [0.2, 0.25) is 0 Å². The number of nitrogens with zero attached hydrogens (tertiary/aromatic N) is 2. The van der Waals surface area contributed by atoms with Crippen LogP contribution in [0.25, 0.3) is 32.7 Å². The Hall–Kier alpha value is -3.61. The van der Waals surface area contributed by atoms with Gasteiger partial charge in [0.1, 0.15) is 17.5 Å². The Morgan fingerprint density at radius 3 is 2.08 bits per heavy atom. The maximum absolute atomic E-state index is 12.4. The van der Waals surface area contributed by atoms with Crippen molar-refractivity contribution in [1.29, 1.82) is 0 Å². The lowest BCUT2D eigenvalue weighted by Gasteiger charge is -2.24. The maximum atomic E-state index is 12.4. The number of benzene rings is 4. The van der Waals surface area contributed by atoms with Crippen LogP contribution in [0.5, 0.6) is 11.5 Å². The number of rotatable bonds is 6. The van der Waals surface area contributed by atoms with E-state index in [2.05, 4.69) is 4.90 Å². The monoisotopic (exact) mass is 484 g/mol. The second-order valence-electron chi connectivity index (χ2n) is 9.85. The molecular weight excluding hydrogens is 452 g/mol. The van der Waals surface area contributed by atoms with Gasteiger partial charge in [-0.25, -0.2) is 0 Å². The van der Waals surface area contributed by atoms with Gasteiger partial charge in [-0.15, -0.1) is 0 Å². The summed E-state index contributed by atoms with van der Waals surface area (Å²) in [5, 5.41) is 27.1. The molecule has 1 saturated heterocycles. The van der Waals surface area contributed by atoms with Crippen molar-refractivity contribution >= 4 is 27.5 Å². The Labute approximate surface area is 211 Å². The van der Waals surface area contributed by atoms with Gasteiger partial charge in [0.15, 0.2) is 0 Å². The zero-order valence-corrected chi connectivity index (χ0v) is 21.0. The number of carbonyl (C=O) groups excluding carboxylic acids is 1. The Morgan fingerprint density at radius 2 is 1.50 bits per heavy atom. The molecule has 2 N–H and O–H groups in total. The highest BCUT2D eigenvalue weighted by atomic mass is 16.5. The minimum Gasteiger partial charge on any atom is -0.507 e. The number of fused-ring (bicyclic) bond motifs is 2. The van der Waals surface area contributed by atoms with Crippen LogP contribution in [-0.2, 0) is 22.6 Å². The van der Waals surface area contributed by atoms with E-state index in [9.17, 15) is 15.0 Å². The molecule has 1 fully saturated rings. The zero-order chi connectivity index (χ0) is 25.4. The van der Waals surface area contributed by atoms with Crippen molar-refractivity contribution in [2.45, 2.75) is 32.0 Å². The highest BCUT2D eigenvalue weighted by molar-refractivity contribution is 6.10. The van der Waals surface area contributed by atoms with Crippen LogP contribution in [0.15, 0.2) is 60.7 Å². The fourth-order valence-corrected chi connectivity index (χ4v) is 5.51. The normalized spacial score (nSPS) is 16.3. The third-order valence-corrected chi connectivity index (χ3v) is 7.15. The van der Waals surface area contributed by atoms with Crippen molar-refractivity contribution in [2.75, 3.05) is 27.7 Å². The number of likely N-dealkylation sites (tertiary alicyclic amines) is 1. The van der Waals surface area contributed by atoms with Gasteiger partial charge in [0.05, 0.1) is 7.11 Å². The van der Waals surface area contributed by atoms with E-state index < -0.39 is 0 Å². The minimum absolute atomic E-state index is 0.131. The second-order valence-corrected chi connectivity index (χ2v) is 9.85. The number of hydrogen-bond acceptors (Lipinski definition) is 6.